The van der Waals surface area contributed by atoms with Gasteiger partial charge in [-0.25, -0.2) is 0 Å². The average molecular weight is 296 g/mol. The van der Waals surface area contributed by atoms with Gasteiger partial charge in [-0.2, -0.15) is 0 Å². The number of benzene rings is 2. The minimum Gasteiger partial charge on any atom is -0.480 e. The highest BCUT2D eigenvalue weighted by Gasteiger charge is 2.28. The number of aliphatic carboxylic acids is 1. The Balaban J connectivity index is 1.55. The van der Waals surface area contributed by atoms with Crippen LogP contribution in [0.2, 0.25) is 0 Å². The van der Waals surface area contributed by atoms with Gasteiger partial charge in [0.05, 0.1) is 0 Å². The number of carboxylic acid groups (broad SMARTS) is 1. The first kappa shape index (κ1) is 14.8. The highest BCUT2D eigenvalue weighted by Crippen LogP contribution is 2.19. The summed E-state index contributed by atoms with van der Waals surface area (Å²) in [7, 11) is 0. The third-order valence-corrected chi connectivity index (χ3v) is 4.08. The number of rotatable bonds is 5. The zero-order valence-electron chi connectivity index (χ0n) is 12.3. The van der Waals surface area contributed by atoms with Gasteiger partial charge in [0.15, 0.2) is 0 Å². The van der Waals surface area contributed by atoms with Crippen LogP contribution in [0.3, 0.4) is 0 Å². The molecule has 1 saturated heterocycles. The third-order valence-electron chi connectivity index (χ3n) is 4.08. The number of nitrogens with one attached hydrogen (secondary N) is 2. The van der Waals surface area contributed by atoms with Crippen LogP contribution in [0.15, 0.2) is 54.6 Å². The zero-order chi connectivity index (χ0) is 15.4. The van der Waals surface area contributed by atoms with E-state index < -0.39 is 12.0 Å². The summed E-state index contributed by atoms with van der Waals surface area (Å²) in [6, 6.07) is 18.6. The minimum atomic E-state index is -0.767. The first-order valence-corrected chi connectivity index (χ1v) is 7.56. The van der Waals surface area contributed by atoms with Crippen LogP contribution < -0.4 is 10.6 Å². The number of carboxylic acids is 1. The van der Waals surface area contributed by atoms with E-state index in [1.807, 2.05) is 18.2 Å². The van der Waals surface area contributed by atoms with Crippen LogP contribution in [0, 0.1) is 0 Å². The zero-order valence-corrected chi connectivity index (χ0v) is 12.3. The smallest absolute Gasteiger partial charge is 0.320 e. The van der Waals surface area contributed by atoms with Crippen molar-refractivity contribution < 1.29 is 9.90 Å². The van der Waals surface area contributed by atoms with Crippen molar-refractivity contribution in [1.82, 2.24) is 10.6 Å². The molecule has 1 aliphatic rings. The lowest BCUT2D eigenvalue weighted by atomic mass is 10.0. The fourth-order valence-electron chi connectivity index (χ4n) is 2.79. The van der Waals surface area contributed by atoms with Crippen molar-refractivity contribution in [3.05, 3.63) is 60.2 Å². The second kappa shape index (κ2) is 6.73. The Morgan fingerprint density at radius 3 is 2.41 bits per heavy atom. The lowest BCUT2D eigenvalue weighted by Crippen LogP contribution is -2.30. The molecule has 2 unspecified atom stereocenters. The molecule has 0 bridgehead atoms. The molecule has 0 amide bonds. The molecule has 0 saturated carbocycles. The minimum absolute atomic E-state index is 0.217. The summed E-state index contributed by atoms with van der Waals surface area (Å²) in [5, 5.41) is 15.4. The van der Waals surface area contributed by atoms with Crippen LogP contribution in [0.1, 0.15) is 12.0 Å². The number of hydrogen-bond donors (Lipinski definition) is 3. The largest absolute Gasteiger partial charge is 0.480 e. The Morgan fingerprint density at radius 2 is 1.77 bits per heavy atom. The second-order valence-electron chi connectivity index (χ2n) is 5.68. The van der Waals surface area contributed by atoms with Crippen molar-refractivity contribution >= 4 is 5.97 Å². The van der Waals surface area contributed by atoms with Gasteiger partial charge < -0.3 is 15.7 Å². The van der Waals surface area contributed by atoms with Gasteiger partial charge >= 0.3 is 5.97 Å². The van der Waals surface area contributed by atoms with Gasteiger partial charge in [-0.05, 0) is 23.1 Å². The molecule has 0 radical (unpaired) electrons. The van der Waals surface area contributed by atoms with Gasteiger partial charge in [-0.15, -0.1) is 0 Å². The standard InChI is InChI=1S/C18H20N2O2/c21-18(22)17-10-16(12-20-17)19-11-13-6-8-15(9-7-13)14-4-2-1-3-5-14/h1-9,16-17,19-20H,10-12H2,(H,21,22). The third kappa shape index (κ3) is 3.53. The van der Waals surface area contributed by atoms with Crippen molar-refractivity contribution in [2.45, 2.75) is 25.0 Å². The molecule has 4 heteroatoms. The molecule has 0 aliphatic carbocycles. The van der Waals surface area contributed by atoms with E-state index in [0.29, 0.717) is 13.0 Å². The lowest BCUT2D eigenvalue weighted by molar-refractivity contribution is -0.139. The van der Waals surface area contributed by atoms with Crippen LogP contribution in [0.4, 0.5) is 0 Å². The van der Waals surface area contributed by atoms with Crippen LogP contribution in [-0.2, 0) is 11.3 Å². The quantitative estimate of drug-likeness (QED) is 0.792. The van der Waals surface area contributed by atoms with Gasteiger partial charge in [0.1, 0.15) is 6.04 Å². The van der Waals surface area contributed by atoms with Gasteiger partial charge in [0.2, 0.25) is 0 Å². The fraction of sp³-hybridized carbons (Fsp3) is 0.278. The average Bonchev–Trinajstić information content (AvgIpc) is 3.04. The summed E-state index contributed by atoms with van der Waals surface area (Å²) in [6.07, 6.45) is 0.636. The summed E-state index contributed by atoms with van der Waals surface area (Å²) in [6.45, 7) is 1.47. The monoisotopic (exact) mass is 296 g/mol. The first-order valence-electron chi connectivity index (χ1n) is 7.56. The summed E-state index contributed by atoms with van der Waals surface area (Å²) in [5.74, 6) is -0.767. The van der Waals surface area contributed by atoms with Crippen molar-refractivity contribution in [3.63, 3.8) is 0 Å². The molecule has 4 nitrogen and oxygen atoms in total. The van der Waals surface area contributed by atoms with E-state index in [-0.39, 0.29) is 6.04 Å². The SMILES string of the molecule is O=C(O)C1CC(NCc2ccc(-c3ccccc3)cc2)CN1. The maximum Gasteiger partial charge on any atom is 0.320 e. The molecule has 2 aromatic rings. The van der Waals surface area contributed by atoms with Gasteiger partial charge in [0, 0.05) is 19.1 Å². The van der Waals surface area contributed by atoms with E-state index in [9.17, 15) is 4.79 Å². The molecule has 1 aliphatic heterocycles. The molecule has 0 spiro atoms. The van der Waals surface area contributed by atoms with Gasteiger partial charge in [-0.3, -0.25) is 4.79 Å². The molecule has 0 aromatic heterocycles. The Labute approximate surface area is 130 Å². The molecule has 2 atom stereocenters. The molecular weight excluding hydrogens is 276 g/mol. The predicted molar refractivity (Wildman–Crippen MR) is 86.5 cm³/mol. The molecule has 3 rings (SSSR count). The van der Waals surface area contributed by atoms with Crippen molar-refractivity contribution in [3.8, 4) is 11.1 Å². The predicted octanol–water partition coefficient (Wildman–Crippen LogP) is 2.26. The Hall–Kier alpha value is -2.17. The molecule has 1 heterocycles. The molecule has 114 valence electrons. The maximum atomic E-state index is 10.9. The number of carbonyl (C=O) groups is 1. The van der Waals surface area contributed by atoms with Gasteiger partial charge in [-0.1, -0.05) is 54.6 Å². The summed E-state index contributed by atoms with van der Waals surface area (Å²) in [5.41, 5.74) is 3.63. The Morgan fingerprint density at radius 1 is 1.09 bits per heavy atom. The van der Waals surface area contributed by atoms with Crippen LogP contribution in [-0.4, -0.2) is 29.7 Å². The van der Waals surface area contributed by atoms with Crippen molar-refractivity contribution in [2.24, 2.45) is 0 Å². The summed E-state index contributed by atoms with van der Waals surface area (Å²) >= 11 is 0. The molecule has 3 N–H and O–H groups in total. The van der Waals surface area contributed by atoms with Crippen molar-refractivity contribution in [1.29, 1.82) is 0 Å². The molecular formula is C18H20N2O2. The summed E-state index contributed by atoms with van der Waals surface area (Å²) in [4.78, 5) is 10.9. The number of hydrogen-bond acceptors (Lipinski definition) is 3. The summed E-state index contributed by atoms with van der Waals surface area (Å²) < 4.78 is 0. The van der Waals surface area contributed by atoms with Gasteiger partial charge in [0.25, 0.3) is 0 Å². The van der Waals surface area contributed by atoms with Crippen LogP contribution >= 0.6 is 0 Å². The molecule has 1 fully saturated rings. The van der Waals surface area contributed by atoms with Crippen LogP contribution in [0.25, 0.3) is 11.1 Å². The topological polar surface area (TPSA) is 61.4 Å². The Kier molecular flexibility index (Phi) is 4.51. The van der Waals surface area contributed by atoms with E-state index in [2.05, 4.69) is 47.0 Å². The molecule has 22 heavy (non-hydrogen) atoms. The highest BCUT2D eigenvalue weighted by molar-refractivity contribution is 5.74. The van der Waals surface area contributed by atoms with E-state index in [1.165, 1.54) is 16.7 Å². The second-order valence-corrected chi connectivity index (χ2v) is 5.68. The van der Waals surface area contributed by atoms with E-state index in [1.54, 1.807) is 0 Å². The van der Waals surface area contributed by atoms with E-state index in [0.717, 1.165) is 6.54 Å². The maximum absolute atomic E-state index is 10.9. The van der Waals surface area contributed by atoms with Crippen molar-refractivity contribution in [2.75, 3.05) is 6.54 Å². The normalized spacial score (nSPS) is 20.9. The lowest BCUT2D eigenvalue weighted by Gasteiger charge is -2.12. The molecule has 2 aromatic carbocycles. The first-order chi connectivity index (χ1) is 10.7. The highest BCUT2D eigenvalue weighted by atomic mass is 16.4. The Bertz CT molecular complexity index is 625. The van der Waals surface area contributed by atoms with E-state index >= 15 is 0 Å². The van der Waals surface area contributed by atoms with E-state index in [4.69, 9.17) is 5.11 Å². The van der Waals surface area contributed by atoms with Crippen LogP contribution in [0.5, 0.6) is 0 Å². The fourth-order valence-corrected chi connectivity index (χ4v) is 2.79.